The van der Waals surface area contributed by atoms with Gasteiger partial charge in [-0.2, -0.15) is 0 Å². The number of benzene rings is 2. The first-order valence-electron chi connectivity index (χ1n) is 10.2. The first-order chi connectivity index (χ1) is 15.1. The number of hydrogen-bond acceptors (Lipinski definition) is 4. The highest BCUT2D eigenvalue weighted by Crippen LogP contribution is 2.27. The van der Waals surface area contributed by atoms with Crippen LogP contribution in [-0.2, 0) is 22.6 Å². The quantitative estimate of drug-likeness (QED) is 0.602. The predicted molar refractivity (Wildman–Crippen MR) is 121 cm³/mol. The van der Waals surface area contributed by atoms with Crippen LogP contribution in [0.1, 0.15) is 22.7 Å². The Bertz CT molecular complexity index is 1070. The molecular weight excluding hydrogens is 412 g/mol. The molecule has 0 saturated heterocycles. The number of fused-ring (bicyclic) bond motifs is 1. The highest BCUT2D eigenvalue weighted by Gasteiger charge is 2.26. The van der Waals surface area contributed by atoms with Crippen LogP contribution in [0.25, 0.3) is 0 Å². The number of aromatic nitrogens is 1. The molecule has 1 aromatic heterocycles. The van der Waals surface area contributed by atoms with Crippen LogP contribution in [0.2, 0.25) is 5.02 Å². The van der Waals surface area contributed by atoms with Gasteiger partial charge in [-0.25, -0.2) is 0 Å². The number of rotatable bonds is 5. The number of carbonyl (C=O) groups excluding carboxylic acids is 2. The first-order valence-corrected chi connectivity index (χ1v) is 10.5. The number of carbonyl (C=O) groups is 2. The Kier molecular flexibility index (Phi) is 6.60. The molecule has 7 heteroatoms. The van der Waals surface area contributed by atoms with Gasteiger partial charge in [0.2, 0.25) is 0 Å². The van der Waals surface area contributed by atoms with Gasteiger partial charge in [0.1, 0.15) is 0 Å². The molecule has 1 aliphatic rings. The second kappa shape index (κ2) is 9.73. The van der Waals surface area contributed by atoms with Crippen LogP contribution in [0.15, 0.2) is 73.1 Å². The summed E-state index contributed by atoms with van der Waals surface area (Å²) in [6.45, 7) is 1.93. The van der Waals surface area contributed by atoms with Gasteiger partial charge < -0.3 is 10.6 Å². The lowest BCUT2D eigenvalue weighted by atomic mass is 9.97. The van der Waals surface area contributed by atoms with E-state index in [1.54, 1.807) is 36.7 Å². The number of hydrogen-bond donors (Lipinski definition) is 2. The van der Waals surface area contributed by atoms with Crippen LogP contribution in [-0.4, -0.2) is 34.8 Å². The molecule has 6 nitrogen and oxygen atoms in total. The zero-order valence-electron chi connectivity index (χ0n) is 16.9. The number of para-hydroxylation sites is 1. The third kappa shape index (κ3) is 5.10. The summed E-state index contributed by atoms with van der Waals surface area (Å²) in [7, 11) is 0. The maximum atomic E-state index is 12.5. The topological polar surface area (TPSA) is 74.3 Å². The van der Waals surface area contributed by atoms with Gasteiger partial charge >= 0.3 is 11.8 Å². The Morgan fingerprint density at radius 2 is 1.77 bits per heavy atom. The third-order valence-electron chi connectivity index (χ3n) is 5.45. The van der Waals surface area contributed by atoms with Crippen LogP contribution >= 0.6 is 11.6 Å². The summed E-state index contributed by atoms with van der Waals surface area (Å²) >= 11 is 6.06. The number of halogens is 1. The molecule has 0 bridgehead atoms. The molecule has 1 aliphatic heterocycles. The van der Waals surface area contributed by atoms with E-state index in [0.717, 1.165) is 25.1 Å². The summed E-state index contributed by atoms with van der Waals surface area (Å²) in [6.07, 6.45) is 4.47. The van der Waals surface area contributed by atoms with Crippen molar-refractivity contribution >= 4 is 29.1 Å². The monoisotopic (exact) mass is 434 g/mol. The SMILES string of the molecule is O=C(NC[C@@H](c1cccnc1)N1CCc2ccccc2C1)C(=O)Nc1ccccc1Cl. The number of amides is 2. The van der Waals surface area contributed by atoms with Crippen molar-refractivity contribution < 1.29 is 9.59 Å². The van der Waals surface area contributed by atoms with E-state index in [0.29, 0.717) is 17.3 Å². The van der Waals surface area contributed by atoms with Gasteiger partial charge in [-0.3, -0.25) is 19.5 Å². The molecule has 0 fully saturated rings. The number of nitrogens with zero attached hydrogens (tertiary/aromatic N) is 2. The molecule has 0 aliphatic carbocycles. The van der Waals surface area contributed by atoms with Crippen molar-refractivity contribution in [2.45, 2.75) is 19.0 Å². The molecule has 2 aromatic carbocycles. The van der Waals surface area contributed by atoms with E-state index in [1.807, 2.05) is 18.2 Å². The van der Waals surface area contributed by atoms with Gasteiger partial charge in [-0.15, -0.1) is 0 Å². The summed E-state index contributed by atoms with van der Waals surface area (Å²) in [4.78, 5) is 31.4. The Hall–Kier alpha value is -3.22. The molecule has 4 rings (SSSR count). The summed E-state index contributed by atoms with van der Waals surface area (Å²) in [5.74, 6) is -1.45. The lowest BCUT2D eigenvalue weighted by molar-refractivity contribution is -0.136. The van der Waals surface area contributed by atoms with Crippen LogP contribution in [0, 0.1) is 0 Å². The molecule has 2 N–H and O–H groups in total. The standard InChI is InChI=1S/C24H23ClN4O2/c25-20-9-3-4-10-21(20)28-24(31)23(30)27-15-22(18-8-5-12-26-14-18)29-13-11-17-6-1-2-7-19(17)16-29/h1-10,12,14,22H,11,13,15-16H2,(H,27,30)(H,28,31)/t22-/m0/s1. The van der Waals surface area contributed by atoms with E-state index in [1.165, 1.54) is 11.1 Å². The van der Waals surface area contributed by atoms with Gasteiger partial charge in [0.25, 0.3) is 0 Å². The van der Waals surface area contributed by atoms with Gasteiger partial charge in [0.15, 0.2) is 0 Å². The smallest absolute Gasteiger partial charge is 0.313 e. The molecule has 2 heterocycles. The van der Waals surface area contributed by atoms with Crippen molar-refractivity contribution in [2.75, 3.05) is 18.4 Å². The second-order valence-electron chi connectivity index (χ2n) is 7.44. The van der Waals surface area contributed by atoms with E-state index < -0.39 is 11.8 Å². The Balaban J connectivity index is 1.45. The van der Waals surface area contributed by atoms with Crippen molar-refractivity contribution in [3.8, 4) is 0 Å². The van der Waals surface area contributed by atoms with Gasteiger partial charge in [0.05, 0.1) is 16.8 Å². The van der Waals surface area contributed by atoms with E-state index in [2.05, 4.69) is 38.7 Å². The number of pyridine rings is 1. The average Bonchev–Trinajstić information content (AvgIpc) is 2.81. The van der Waals surface area contributed by atoms with Gasteiger partial charge in [-0.1, -0.05) is 54.1 Å². The molecule has 0 unspecified atom stereocenters. The summed E-state index contributed by atoms with van der Waals surface area (Å²) in [5.41, 5.74) is 4.03. The normalized spacial score (nSPS) is 14.4. The molecule has 31 heavy (non-hydrogen) atoms. The van der Waals surface area contributed by atoms with Crippen LogP contribution in [0.3, 0.4) is 0 Å². The molecule has 158 valence electrons. The Morgan fingerprint density at radius 3 is 2.55 bits per heavy atom. The molecular formula is C24H23ClN4O2. The molecule has 2 amide bonds. The fourth-order valence-electron chi connectivity index (χ4n) is 3.83. The van der Waals surface area contributed by atoms with Gasteiger partial charge in [-0.05, 0) is 41.3 Å². The van der Waals surface area contributed by atoms with Crippen LogP contribution in [0.5, 0.6) is 0 Å². The summed E-state index contributed by atoms with van der Waals surface area (Å²) < 4.78 is 0. The summed E-state index contributed by atoms with van der Waals surface area (Å²) in [6, 6.07) is 19.0. The zero-order valence-corrected chi connectivity index (χ0v) is 17.7. The zero-order chi connectivity index (χ0) is 21.6. The summed E-state index contributed by atoms with van der Waals surface area (Å²) in [5, 5.41) is 5.71. The lowest BCUT2D eigenvalue weighted by Crippen LogP contribution is -2.43. The number of anilines is 1. The molecule has 0 radical (unpaired) electrons. The molecule has 1 atom stereocenters. The molecule has 3 aromatic rings. The molecule has 0 spiro atoms. The van der Waals surface area contributed by atoms with Crippen molar-refractivity contribution in [1.29, 1.82) is 0 Å². The highest BCUT2D eigenvalue weighted by atomic mass is 35.5. The van der Waals surface area contributed by atoms with E-state index in [4.69, 9.17) is 11.6 Å². The number of nitrogens with one attached hydrogen (secondary N) is 2. The van der Waals surface area contributed by atoms with Crippen molar-refractivity contribution in [2.24, 2.45) is 0 Å². The van der Waals surface area contributed by atoms with Crippen LogP contribution in [0.4, 0.5) is 5.69 Å². The maximum absolute atomic E-state index is 12.5. The van der Waals surface area contributed by atoms with E-state index in [9.17, 15) is 9.59 Å². The minimum Gasteiger partial charge on any atom is -0.346 e. The largest absolute Gasteiger partial charge is 0.346 e. The highest BCUT2D eigenvalue weighted by molar-refractivity contribution is 6.41. The lowest BCUT2D eigenvalue weighted by Gasteiger charge is -2.35. The van der Waals surface area contributed by atoms with E-state index in [-0.39, 0.29) is 6.04 Å². The minimum absolute atomic E-state index is 0.0980. The molecule has 0 saturated carbocycles. The van der Waals surface area contributed by atoms with Gasteiger partial charge in [0, 0.05) is 32.0 Å². The first kappa shape index (κ1) is 21.0. The Morgan fingerprint density at radius 1 is 1.00 bits per heavy atom. The second-order valence-corrected chi connectivity index (χ2v) is 7.84. The fourth-order valence-corrected chi connectivity index (χ4v) is 4.01. The fraction of sp³-hybridized carbons (Fsp3) is 0.208. The van der Waals surface area contributed by atoms with Crippen LogP contribution < -0.4 is 10.6 Å². The van der Waals surface area contributed by atoms with Crippen molar-refractivity contribution in [3.05, 3.63) is 94.8 Å². The average molecular weight is 435 g/mol. The third-order valence-corrected chi connectivity index (χ3v) is 5.78. The maximum Gasteiger partial charge on any atom is 0.313 e. The minimum atomic E-state index is -0.748. The predicted octanol–water partition coefficient (Wildman–Crippen LogP) is 3.59. The Labute approximate surface area is 186 Å². The van der Waals surface area contributed by atoms with Crippen molar-refractivity contribution in [1.82, 2.24) is 15.2 Å². The van der Waals surface area contributed by atoms with Crippen molar-refractivity contribution in [3.63, 3.8) is 0 Å². The van der Waals surface area contributed by atoms with E-state index >= 15 is 0 Å².